The standard InChI is InChI=1S/C10H12N4/c1-14-7-10(6-12-14)13-9-4-2-3-8(11)5-9/h2-7,13H,11H2,1H3. The summed E-state index contributed by atoms with van der Waals surface area (Å²) in [6.07, 6.45) is 3.67. The van der Waals surface area contributed by atoms with Gasteiger partial charge in [-0.05, 0) is 18.2 Å². The summed E-state index contributed by atoms with van der Waals surface area (Å²) in [6, 6.07) is 7.61. The zero-order chi connectivity index (χ0) is 9.97. The first-order chi connectivity index (χ1) is 6.74. The highest BCUT2D eigenvalue weighted by molar-refractivity contribution is 5.62. The lowest BCUT2D eigenvalue weighted by Gasteiger charge is -2.03. The fraction of sp³-hybridized carbons (Fsp3) is 0.100. The fourth-order valence-electron chi connectivity index (χ4n) is 1.27. The average Bonchev–Trinajstić information content (AvgIpc) is 2.51. The third kappa shape index (κ3) is 1.85. The van der Waals surface area contributed by atoms with Crippen LogP contribution in [-0.2, 0) is 7.05 Å². The number of nitrogens with two attached hydrogens (primary N) is 1. The summed E-state index contributed by atoms with van der Waals surface area (Å²) in [6.45, 7) is 0. The molecule has 14 heavy (non-hydrogen) atoms. The minimum Gasteiger partial charge on any atom is -0.399 e. The van der Waals surface area contributed by atoms with Crippen LogP contribution in [0.25, 0.3) is 0 Å². The minimum atomic E-state index is 0.749. The van der Waals surface area contributed by atoms with E-state index in [1.54, 1.807) is 10.9 Å². The predicted octanol–water partition coefficient (Wildman–Crippen LogP) is 1.75. The number of hydrogen-bond donors (Lipinski definition) is 2. The Morgan fingerprint density at radius 3 is 2.86 bits per heavy atom. The van der Waals surface area contributed by atoms with Gasteiger partial charge in [0, 0.05) is 24.6 Å². The largest absolute Gasteiger partial charge is 0.399 e. The normalized spacial score (nSPS) is 10.1. The van der Waals surface area contributed by atoms with Crippen LogP contribution in [0.2, 0.25) is 0 Å². The molecule has 0 unspecified atom stereocenters. The van der Waals surface area contributed by atoms with Gasteiger partial charge in [-0.15, -0.1) is 0 Å². The van der Waals surface area contributed by atoms with Crippen molar-refractivity contribution < 1.29 is 0 Å². The number of rotatable bonds is 2. The molecule has 72 valence electrons. The summed E-state index contributed by atoms with van der Waals surface area (Å²) in [5.41, 5.74) is 8.33. The van der Waals surface area contributed by atoms with Gasteiger partial charge in [-0.25, -0.2) is 0 Å². The van der Waals surface area contributed by atoms with Crippen LogP contribution in [0.3, 0.4) is 0 Å². The van der Waals surface area contributed by atoms with Gasteiger partial charge in [-0.2, -0.15) is 5.10 Å². The summed E-state index contributed by atoms with van der Waals surface area (Å²) in [5.74, 6) is 0. The summed E-state index contributed by atoms with van der Waals surface area (Å²) in [5, 5.41) is 7.26. The van der Waals surface area contributed by atoms with Crippen LogP contribution < -0.4 is 11.1 Å². The van der Waals surface area contributed by atoms with Gasteiger partial charge in [-0.3, -0.25) is 4.68 Å². The molecular formula is C10H12N4. The van der Waals surface area contributed by atoms with E-state index in [2.05, 4.69) is 10.4 Å². The van der Waals surface area contributed by atoms with Crippen molar-refractivity contribution in [2.45, 2.75) is 0 Å². The second-order valence-electron chi connectivity index (χ2n) is 3.15. The number of hydrogen-bond acceptors (Lipinski definition) is 3. The van der Waals surface area contributed by atoms with Crippen LogP contribution in [0.15, 0.2) is 36.7 Å². The molecular weight excluding hydrogens is 176 g/mol. The lowest BCUT2D eigenvalue weighted by Crippen LogP contribution is -1.90. The molecule has 2 aromatic rings. The first-order valence-electron chi connectivity index (χ1n) is 4.35. The van der Waals surface area contributed by atoms with E-state index in [0.29, 0.717) is 0 Å². The van der Waals surface area contributed by atoms with E-state index in [0.717, 1.165) is 17.1 Å². The van der Waals surface area contributed by atoms with Crippen molar-refractivity contribution in [2.24, 2.45) is 7.05 Å². The van der Waals surface area contributed by atoms with Crippen LogP contribution in [0.1, 0.15) is 0 Å². The van der Waals surface area contributed by atoms with Gasteiger partial charge in [0.1, 0.15) is 0 Å². The van der Waals surface area contributed by atoms with E-state index < -0.39 is 0 Å². The summed E-state index contributed by atoms with van der Waals surface area (Å²) in [4.78, 5) is 0. The Morgan fingerprint density at radius 2 is 2.21 bits per heavy atom. The Balaban J connectivity index is 2.18. The number of aromatic nitrogens is 2. The predicted molar refractivity (Wildman–Crippen MR) is 57.3 cm³/mol. The molecule has 0 fully saturated rings. The molecule has 0 spiro atoms. The molecule has 0 aliphatic carbocycles. The van der Waals surface area contributed by atoms with Gasteiger partial charge in [0.25, 0.3) is 0 Å². The molecule has 0 atom stereocenters. The molecule has 0 bridgehead atoms. The van der Waals surface area contributed by atoms with Gasteiger partial charge >= 0.3 is 0 Å². The number of nitrogen functional groups attached to an aromatic ring is 1. The van der Waals surface area contributed by atoms with Gasteiger partial charge in [-0.1, -0.05) is 6.07 Å². The zero-order valence-corrected chi connectivity index (χ0v) is 7.94. The molecule has 1 aromatic heterocycles. The average molecular weight is 188 g/mol. The topological polar surface area (TPSA) is 55.9 Å². The van der Waals surface area contributed by atoms with Crippen molar-refractivity contribution in [2.75, 3.05) is 11.1 Å². The molecule has 0 amide bonds. The maximum Gasteiger partial charge on any atom is 0.0770 e. The van der Waals surface area contributed by atoms with E-state index in [4.69, 9.17) is 5.73 Å². The highest BCUT2D eigenvalue weighted by atomic mass is 15.3. The van der Waals surface area contributed by atoms with E-state index in [-0.39, 0.29) is 0 Å². The summed E-state index contributed by atoms with van der Waals surface area (Å²) < 4.78 is 1.74. The lowest BCUT2D eigenvalue weighted by molar-refractivity contribution is 0.768. The Labute approximate surface area is 82.4 Å². The fourth-order valence-corrected chi connectivity index (χ4v) is 1.27. The van der Waals surface area contributed by atoms with Crippen molar-refractivity contribution in [1.29, 1.82) is 0 Å². The molecule has 0 saturated carbocycles. The molecule has 2 rings (SSSR count). The Hall–Kier alpha value is -1.97. The van der Waals surface area contributed by atoms with Gasteiger partial charge in [0.2, 0.25) is 0 Å². The third-order valence-corrected chi connectivity index (χ3v) is 1.88. The molecule has 4 nitrogen and oxygen atoms in total. The molecule has 0 saturated heterocycles. The smallest absolute Gasteiger partial charge is 0.0770 e. The SMILES string of the molecule is Cn1cc(Nc2cccc(N)c2)cn1. The van der Waals surface area contributed by atoms with Gasteiger partial charge < -0.3 is 11.1 Å². The maximum atomic E-state index is 5.66. The van der Waals surface area contributed by atoms with Gasteiger partial charge in [0.05, 0.1) is 11.9 Å². The first-order valence-corrected chi connectivity index (χ1v) is 4.35. The Bertz CT molecular complexity index is 433. The Morgan fingerprint density at radius 1 is 1.36 bits per heavy atom. The van der Waals surface area contributed by atoms with Crippen LogP contribution in [0, 0.1) is 0 Å². The zero-order valence-electron chi connectivity index (χ0n) is 7.94. The summed E-state index contributed by atoms with van der Waals surface area (Å²) >= 11 is 0. The van der Waals surface area contributed by atoms with Crippen molar-refractivity contribution in [3.63, 3.8) is 0 Å². The highest BCUT2D eigenvalue weighted by Gasteiger charge is 1.96. The minimum absolute atomic E-state index is 0.749. The number of benzene rings is 1. The first kappa shape index (κ1) is 8.62. The maximum absolute atomic E-state index is 5.66. The molecule has 0 radical (unpaired) electrons. The van der Waals surface area contributed by atoms with Crippen LogP contribution in [0.4, 0.5) is 17.1 Å². The Kier molecular flexibility index (Phi) is 2.10. The molecule has 0 aliphatic rings. The van der Waals surface area contributed by atoms with E-state index in [1.165, 1.54) is 0 Å². The second kappa shape index (κ2) is 3.41. The van der Waals surface area contributed by atoms with E-state index >= 15 is 0 Å². The van der Waals surface area contributed by atoms with Crippen LogP contribution in [0.5, 0.6) is 0 Å². The second-order valence-corrected chi connectivity index (χ2v) is 3.15. The summed E-state index contributed by atoms with van der Waals surface area (Å²) in [7, 11) is 1.88. The number of nitrogens with one attached hydrogen (secondary N) is 1. The number of anilines is 3. The lowest BCUT2D eigenvalue weighted by atomic mass is 10.3. The van der Waals surface area contributed by atoms with Crippen molar-refractivity contribution >= 4 is 17.1 Å². The number of nitrogens with zero attached hydrogens (tertiary/aromatic N) is 2. The number of aryl methyl sites for hydroxylation is 1. The molecule has 3 N–H and O–H groups in total. The molecule has 0 aliphatic heterocycles. The van der Waals surface area contributed by atoms with E-state index in [1.807, 2.05) is 37.5 Å². The van der Waals surface area contributed by atoms with Gasteiger partial charge in [0.15, 0.2) is 0 Å². The van der Waals surface area contributed by atoms with Crippen LogP contribution >= 0.6 is 0 Å². The van der Waals surface area contributed by atoms with E-state index in [9.17, 15) is 0 Å². The monoisotopic (exact) mass is 188 g/mol. The third-order valence-electron chi connectivity index (χ3n) is 1.88. The molecule has 1 heterocycles. The van der Waals surface area contributed by atoms with Crippen molar-refractivity contribution in [3.05, 3.63) is 36.7 Å². The van der Waals surface area contributed by atoms with Crippen LogP contribution in [-0.4, -0.2) is 9.78 Å². The molecule has 4 heteroatoms. The quantitative estimate of drug-likeness (QED) is 0.706. The highest BCUT2D eigenvalue weighted by Crippen LogP contribution is 2.17. The molecule has 1 aromatic carbocycles. The van der Waals surface area contributed by atoms with Crippen molar-refractivity contribution in [3.8, 4) is 0 Å². The van der Waals surface area contributed by atoms with Crippen molar-refractivity contribution in [1.82, 2.24) is 9.78 Å².